The number of fused-ring (bicyclic) bond motifs is 1. The number of amides is 2. The van der Waals surface area contributed by atoms with Crippen molar-refractivity contribution in [3.63, 3.8) is 0 Å². The number of nitrogens with two attached hydrogens (primary N) is 1. The number of piperazine rings is 1. The van der Waals surface area contributed by atoms with Crippen LogP contribution in [0.1, 0.15) is 33.6 Å². The van der Waals surface area contributed by atoms with Gasteiger partial charge in [0.2, 0.25) is 6.04 Å². The Hall–Kier alpha value is -3.93. The first kappa shape index (κ1) is 26.7. The second-order valence-corrected chi connectivity index (χ2v) is 11.0. The first-order chi connectivity index (χ1) is 18.6. The minimum Gasteiger partial charge on any atom is -0.494 e. The number of carbonyl (C=O) groups excluding carboxylic acids is 2. The number of primary amides is 1. The third-order valence-corrected chi connectivity index (χ3v) is 7.12. The van der Waals surface area contributed by atoms with E-state index in [1.165, 1.54) is 0 Å². The van der Waals surface area contributed by atoms with Gasteiger partial charge in [0.05, 0.1) is 19.0 Å². The Morgan fingerprint density at radius 1 is 1.08 bits per heavy atom. The van der Waals surface area contributed by atoms with Crippen LogP contribution in [-0.2, 0) is 9.53 Å². The third kappa shape index (κ3) is 5.60. The highest BCUT2D eigenvalue weighted by Crippen LogP contribution is 2.33. The van der Waals surface area contributed by atoms with Crippen LogP contribution in [0.2, 0.25) is 0 Å². The second kappa shape index (κ2) is 10.7. The van der Waals surface area contributed by atoms with Crippen molar-refractivity contribution >= 4 is 29.2 Å². The van der Waals surface area contributed by atoms with Crippen LogP contribution in [0.4, 0.5) is 16.2 Å². The van der Waals surface area contributed by atoms with Gasteiger partial charge in [-0.3, -0.25) is 15.2 Å². The van der Waals surface area contributed by atoms with E-state index >= 15 is 0 Å². The zero-order chi connectivity index (χ0) is 27.7. The molecule has 3 N–H and O–H groups in total. The summed E-state index contributed by atoms with van der Waals surface area (Å²) < 4.78 is 11.3. The quantitative estimate of drug-likeness (QED) is 0.529. The Labute approximate surface area is 229 Å². The molecule has 4 aliphatic heterocycles. The molecule has 1 unspecified atom stereocenters. The van der Waals surface area contributed by atoms with Crippen molar-refractivity contribution < 1.29 is 19.1 Å². The lowest BCUT2D eigenvalue weighted by atomic mass is 10.1. The van der Waals surface area contributed by atoms with Crippen LogP contribution in [0.3, 0.4) is 0 Å². The predicted molar refractivity (Wildman–Crippen MR) is 149 cm³/mol. The molecule has 2 saturated heterocycles. The third-order valence-electron chi connectivity index (χ3n) is 7.12. The van der Waals surface area contributed by atoms with E-state index in [1.807, 2.05) is 56.3 Å². The van der Waals surface area contributed by atoms with Crippen molar-refractivity contribution in [1.29, 1.82) is 0 Å². The summed E-state index contributed by atoms with van der Waals surface area (Å²) in [7, 11) is 1.62. The van der Waals surface area contributed by atoms with Gasteiger partial charge in [-0.2, -0.15) is 4.99 Å². The molecule has 4 aliphatic rings. The number of hydrogen-bond donors (Lipinski definition) is 2. The van der Waals surface area contributed by atoms with Crippen molar-refractivity contribution in [1.82, 2.24) is 19.7 Å². The molecule has 1 aromatic carbocycles. The van der Waals surface area contributed by atoms with Crippen LogP contribution < -0.4 is 25.7 Å². The number of ether oxygens (including phenoxy) is 2. The lowest BCUT2D eigenvalue weighted by Crippen LogP contribution is -2.59. The number of likely N-dealkylation sites (tertiary alicyclic amines) is 1. The van der Waals surface area contributed by atoms with E-state index in [4.69, 9.17) is 15.2 Å². The number of aliphatic imine (C=N–C) groups is 1. The Balaban J connectivity index is 1.33. The average molecular weight is 539 g/mol. The van der Waals surface area contributed by atoms with Crippen molar-refractivity contribution in [2.45, 2.75) is 45.3 Å². The van der Waals surface area contributed by atoms with Crippen LogP contribution in [0.15, 0.2) is 47.6 Å². The standard InChI is InChI=1S/C27H38N8O4/c1-27(2,3)39-26(37)33-15-13-31(14-16-33)19-7-8-20(21(17-19)38-4)30-35-18-22(32-10-5-6-11-32)34-12-9-29-25(34)23(35)24(28)36/h7-9,12,17-18,23,30H,5-6,10-11,13-16H2,1-4H3,(H2,28,36)/q+1. The maximum absolute atomic E-state index is 12.6. The Kier molecular flexibility index (Phi) is 7.30. The highest BCUT2D eigenvalue weighted by Gasteiger charge is 2.49. The van der Waals surface area contributed by atoms with Crippen molar-refractivity contribution in [2.75, 3.05) is 56.7 Å². The number of rotatable bonds is 6. The number of anilines is 2. The number of nitrogens with one attached hydrogen (secondary N) is 1. The molecule has 1 radical (unpaired) electrons. The van der Waals surface area contributed by atoms with Crippen molar-refractivity contribution in [2.24, 2.45) is 10.7 Å². The number of hydrazine groups is 1. The zero-order valence-corrected chi connectivity index (χ0v) is 23.1. The predicted octanol–water partition coefficient (Wildman–Crippen LogP) is 2.17. The summed E-state index contributed by atoms with van der Waals surface area (Å²) in [4.78, 5) is 37.7. The summed E-state index contributed by atoms with van der Waals surface area (Å²) in [6.45, 7) is 9.99. The maximum Gasteiger partial charge on any atom is 0.410 e. The lowest BCUT2D eigenvalue weighted by molar-refractivity contribution is -0.120. The number of hydrogen-bond acceptors (Lipinski definition) is 10. The maximum atomic E-state index is 12.6. The van der Waals surface area contributed by atoms with Gasteiger partial charge in [-0.25, -0.2) is 4.79 Å². The largest absolute Gasteiger partial charge is 0.494 e. The van der Waals surface area contributed by atoms with Gasteiger partial charge in [0.25, 0.3) is 17.6 Å². The van der Waals surface area contributed by atoms with Gasteiger partial charge in [0.1, 0.15) is 17.6 Å². The monoisotopic (exact) mass is 538 g/mol. The molecule has 0 bridgehead atoms. The van der Waals surface area contributed by atoms with Crippen molar-refractivity contribution in [3.8, 4) is 5.75 Å². The molecule has 4 heterocycles. The van der Waals surface area contributed by atoms with E-state index in [0.717, 1.165) is 37.4 Å². The van der Waals surface area contributed by atoms with Gasteiger partial charge in [-0.1, -0.05) is 0 Å². The van der Waals surface area contributed by atoms with E-state index in [-0.39, 0.29) is 6.09 Å². The number of nitrogens with zero attached hydrogens (tertiary/aromatic N) is 6. The summed E-state index contributed by atoms with van der Waals surface area (Å²) in [5.74, 6) is 1.63. The normalized spacial score (nSPS) is 21.5. The van der Waals surface area contributed by atoms with E-state index < -0.39 is 17.6 Å². The summed E-state index contributed by atoms with van der Waals surface area (Å²) in [6.07, 6.45) is 7.43. The first-order valence-electron chi connectivity index (χ1n) is 13.4. The Bertz CT molecular complexity index is 1190. The molecule has 12 nitrogen and oxygen atoms in total. The summed E-state index contributed by atoms with van der Waals surface area (Å²) in [5, 5.41) is 1.72. The van der Waals surface area contributed by atoms with Crippen LogP contribution in [0.25, 0.3) is 0 Å². The highest BCUT2D eigenvalue weighted by atomic mass is 16.6. The molecule has 5 rings (SSSR count). The van der Waals surface area contributed by atoms with Gasteiger partial charge in [0, 0.05) is 51.0 Å². The van der Waals surface area contributed by atoms with Gasteiger partial charge in [-0.05, 0) is 50.6 Å². The molecule has 0 saturated carbocycles. The average Bonchev–Trinajstić information content (AvgIpc) is 3.60. The van der Waals surface area contributed by atoms with Crippen LogP contribution >= 0.6 is 0 Å². The fraction of sp³-hybridized carbons (Fsp3) is 0.519. The summed E-state index contributed by atoms with van der Waals surface area (Å²) >= 11 is 0. The number of carbonyl (C=O) groups is 2. The molecule has 39 heavy (non-hydrogen) atoms. The van der Waals surface area contributed by atoms with Crippen molar-refractivity contribution in [3.05, 3.63) is 42.6 Å². The van der Waals surface area contributed by atoms with E-state index in [2.05, 4.69) is 20.2 Å². The molecular formula is C27H38N8O4+. The first-order valence-corrected chi connectivity index (χ1v) is 13.4. The zero-order valence-electron chi connectivity index (χ0n) is 23.1. The van der Waals surface area contributed by atoms with Gasteiger partial charge < -0.3 is 29.9 Å². The summed E-state index contributed by atoms with van der Waals surface area (Å²) in [6, 6.07) is 5.10. The van der Waals surface area contributed by atoms with Crippen LogP contribution in [0, 0.1) is 0 Å². The molecule has 2 amide bonds. The van der Waals surface area contributed by atoms with Crippen LogP contribution in [0.5, 0.6) is 5.75 Å². The van der Waals surface area contributed by atoms with Gasteiger partial charge in [0.15, 0.2) is 6.20 Å². The molecular weight excluding hydrogens is 500 g/mol. The fourth-order valence-corrected chi connectivity index (χ4v) is 5.22. The SMILES string of the molecule is COc1cc(N2CCN(C(=O)OC(C)(C)C)CC2)ccc1NN1C=C(N2CCCC2)[N+]2C=CN=C2C1C(N)=O. The smallest absolute Gasteiger partial charge is 0.410 e. The highest BCUT2D eigenvalue weighted by molar-refractivity contribution is 6.10. The fourth-order valence-electron chi connectivity index (χ4n) is 5.22. The molecule has 1 aromatic rings. The lowest BCUT2D eigenvalue weighted by Gasteiger charge is -2.37. The van der Waals surface area contributed by atoms with E-state index in [0.29, 0.717) is 43.5 Å². The molecule has 0 aliphatic carbocycles. The number of benzene rings is 1. The number of amidine groups is 1. The van der Waals surface area contributed by atoms with E-state index in [1.54, 1.807) is 23.2 Å². The topological polar surface area (TPSA) is 122 Å². The minimum atomic E-state index is -0.795. The Morgan fingerprint density at radius 2 is 1.79 bits per heavy atom. The van der Waals surface area contributed by atoms with E-state index in [9.17, 15) is 9.59 Å². The molecule has 0 spiro atoms. The van der Waals surface area contributed by atoms with Gasteiger partial charge >= 0.3 is 6.09 Å². The number of methoxy groups -OCH3 is 1. The summed E-state index contributed by atoms with van der Waals surface area (Å²) in [5.41, 5.74) is 10.4. The molecule has 0 aromatic heterocycles. The Morgan fingerprint density at radius 3 is 2.44 bits per heavy atom. The molecule has 2 fully saturated rings. The molecule has 12 heteroatoms. The minimum absolute atomic E-state index is 0.285. The molecule has 209 valence electrons. The second-order valence-electron chi connectivity index (χ2n) is 11.0. The molecule has 1 atom stereocenters. The van der Waals surface area contributed by atoms with Gasteiger partial charge in [-0.15, -0.1) is 0 Å². The van der Waals surface area contributed by atoms with Crippen LogP contribution in [-0.4, -0.2) is 90.7 Å².